The van der Waals surface area contributed by atoms with Crippen LogP contribution in [-0.2, 0) is 10.0 Å². The summed E-state index contributed by atoms with van der Waals surface area (Å²) in [5, 5.41) is 10.5. The first-order chi connectivity index (χ1) is 9.64. The Bertz CT molecular complexity index is 784. The molecule has 2 aromatic rings. The zero-order valence-corrected chi connectivity index (χ0v) is 11.7. The maximum atomic E-state index is 12.8. The standard InChI is InChI=1S/C15H14N2O2S/c16-10-11-17(13-8-9-13)20(18,19)15-7-3-5-12-4-1-2-6-14(12)15/h1-7,13H,8-9,11H2. The summed E-state index contributed by atoms with van der Waals surface area (Å²) in [6, 6.07) is 14.6. The van der Waals surface area contributed by atoms with Crippen LogP contribution in [0.1, 0.15) is 12.8 Å². The van der Waals surface area contributed by atoms with Gasteiger partial charge in [0.05, 0.1) is 11.0 Å². The van der Waals surface area contributed by atoms with Crippen molar-refractivity contribution in [3.8, 4) is 6.07 Å². The molecule has 102 valence electrons. The van der Waals surface area contributed by atoms with Gasteiger partial charge in [0.25, 0.3) is 0 Å². The van der Waals surface area contributed by atoms with Gasteiger partial charge in [0.1, 0.15) is 6.54 Å². The second kappa shape index (κ2) is 4.89. The summed E-state index contributed by atoms with van der Waals surface area (Å²) in [6.07, 6.45) is 1.68. The van der Waals surface area contributed by atoms with Crippen molar-refractivity contribution in [3.63, 3.8) is 0 Å². The normalized spacial score (nSPS) is 15.4. The van der Waals surface area contributed by atoms with Crippen molar-refractivity contribution in [1.82, 2.24) is 4.31 Å². The summed E-state index contributed by atoms with van der Waals surface area (Å²) >= 11 is 0. The van der Waals surface area contributed by atoms with Crippen LogP contribution >= 0.6 is 0 Å². The smallest absolute Gasteiger partial charge is 0.207 e. The Labute approximate surface area is 118 Å². The molecule has 5 heteroatoms. The van der Waals surface area contributed by atoms with Gasteiger partial charge in [0.15, 0.2) is 0 Å². The summed E-state index contributed by atoms with van der Waals surface area (Å²) < 4.78 is 26.9. The highest BCUT2D eigenvalue weighted by Gasteiger charge is 2.38. The van der Waals surface area contributed by atoms with Gasteiger partial charge in [-0.1, -0.05) is 36.4 Å². The predicted molar refractivity (Wildman–Crippen MR) is 76.5 cm³/mol. The third-order valence-electron chi connectivity index (χ3n) is 3.52. The molecule has 1 aliphatic carbocycles. The third kappa shape index (κ3) is 2.17. The minimum Gasteiger partial charge on any atom is -0.207 e. The summed E-state index contributed by atoms with van der Waals surface area (Å²) in [7, 11) is -3.62. The van der Waals surface area contributed by atoms with Crippen LogP contribution in [0.3, 0.4) is 0 Å². The largest absolute Gasteiger partial charge is 0.244 e. The number of sulfonamides is 1. The minimum atomic E-state index is -3.62. The van der Waals surface area contributed by atoms with Gasteiger partial charge in [-0.2, -0.15) is 9.57 Å². The maximum Gasteiger partial charge on any atom is 0.244 e. The highest BCUT2D eigenvalue weighted by molar-refractivity contribution is 7.89. The highest BCUT2D eigenvalue weighted by atomic mass is 32.2. The first-order valence-corrected chi connectivity index (χ1v) is 7.95. The lowest BCUT2D eigenvalue weighted by Gasteiger charge is -2.19. The van der Waals surface area contributed by atoms with Crippen molar-refractivity contribution in [2.75, 3.05) is 6.54 Å². The summed E-state index contributed by atoms with van der Waals surface area (Å²) in [4.78, 5) is 0.290. The van der Waals surface area contributed by atoms with E-state index in [9.17, 15) is 8.42 Å². The summed E-state index contributed by atoms with van der Waals surface area (Å²) in [5.74, 6) is 0. The Morgan fingerprint density at radius 2 is 1.85 bits per heavy atom. The quantitative estimate of drug-likeness (QED) is 0.811. The van der Waals surface area contributed by atoms with Crippen LogP contribution in [0.25, 0.3) is 10.8 Å². The third-order valence-corrected chi connectivity index (χ3v) is 5.47. The molecule has 0 saturated heterocycles. The topological polar surface area (TPSA) is 61.2 Å². The van der Waals surface area contributed by atoms with Crippen LogP contribution in [0, 0.1) is 11.3 Å². The molecule has 0 N–H and O–H groups in total. The fourth-order valence-corrected chi connectivity index (χ4v) is 4.19. The van der Waals surface area contributed by atoms with Gasteiger partial charge in [-0.05, 0) is 24.3 Å². The van der Waals surface area contributed by atoms with Crippen LogP contribution < -0.4 is 0 Å². The van der Waals surface area contributed by atoms with Crippen LogP contribution in [0.5, 0.6) is 0 Å². The molecule has 0 amide bonds. The summed E-state index contributed by atoms with van der Waals surface area (Å²) in [5.41, 5.74) is 0. The molecule has 0 unspecified atom stereocenters. The Morgan fingerprint density at radius 1 is 1.15 bits per heavy atom. The van der Waals surface area contributed by atoms with E-state index >= 15 is 0 Å². The molecule has 0 heterocycles. The molecule has 0 aliphatic heterocycles. The lowest BCUT2D eigenvalue weighted by molar-refractivity contribution is 0.439. The number of hydrogen-bond acceptors (Lipinski definition) is 3. The zero-order valence-electron chi connectivity index (χ0n) is 10.9. The van der Waals surface area contributed by atoms with Crippen molar-refractivity contribution in [2.45, 2.75) is 23.8 Å². The molecule has 0 bridgehead atoms. The molecule has 0 spiro atoms. The average molecular weight is 286 g/mol. The molecule has 3 rings (SSSR count). The molecule has 0 aromatic heterocycles. The lowest BCUT2D eigenvalue weighted by atomic mass is 10.1. The molecule has 20 heavy (non-hydrogen) atoms. The molecule has 1 saturated carbocycles. The number of hydrogen-bond donors (Lipinski definition) is 0. The monoisotopic (exact) mass is 286 g/mol. The van der Waals surface area contributed by atoms with Crippen LogP contribution in [0.15, 0.2) is 47.4 Å². The maximum absolute atomic E-state index is 12.8. The van der Waals surface area contributed by atoms with E-state index in [-0.39, 0.29) is 17.5 Å². The summed E-state index contributed by atoms with van der Waals surface area (Å²) in [6.45, 7) is -0.0871. The van der Waals surface area contributed by atoms with Gasteiger partial charge in [-0.3, -0.25) is 0 Å². The van der Waals surface area contributed by atoms with Crippen LogP contribution in [0.4, 0.5) is 0 Å². The number of nitrogens with zero attached hydrogens (tertiary/aromatic N) is 2. The van der Waals surface area contributed by atoms with E-state index in [0.717, 1.165) is 18.2 Å². The van der Waals surface area contributed by atoms with Gasteiger partial charge in [-0.15, -0.1) is 0 Å². The number of rotatable bonds is 4. The first-order valence-electron chi connectivity index (χ1n) is 6.51. The second-order valence-electron chi connectivity index (χ2n) is 4.92. The fraction of sp³-hybridized carbons (Fsp3) is 0.267. The van der Waals surface area contributed by atoms with Crippen molar-refractivity contribution in [1.29, 1.82) is 5.26 Å². The number of benzene rings is 2. The Balaban J connectivity index is 2.16. The number of fused-ring (bicyclic) bond motifs is 1. The highest BCUT2D eigenvalue weighted by Crippen LogP contribution is 2.33. The molecule has 4 nitrogen and oxygen atoms in total. The molecule has 0 atom stereocenters. The zero-order chi connectivity index (χ0) is 14.2. The predicted octanol–water partition coefficient (Wildman–Crippen LogP) is 2.52. The van der Waals surface area contributed by atoms with E-state index in [1.54, 1.807) is 18.2 Å². The minimum absolute atomic E-state index is 0.0152. The van der Waals surface area contributed by atoms with Crippen molar-refractivity contribution < 1.29 is 8.42 Å². The number of nitriles is 1. The van der Waals surface area contributed by atoms with E-state index in [1.807, 2.05) is 30.3 Å². The van der Waals surface area contributed by atoms with E-state index in [2.05, 4.69) is 0 Å². The molecule has 0 radical (unpaired) electrons. The van der Waals surface area contributed by atoms with Crippen molar-refractivity contribution in [2.24, 2.45) is 0 Å². The Morgan fingerprint density at radius 3 is 2.55 bits per heavy atom. The first kappa shape index (κ1) is 13.1. The van der Waals surface area contributed by atoms with E-state index in [0.29, 0.717) is 5.39 Å². The van der Waals surface area contributed by atoms with Crippen LogP contribution in [-0.4, -0.2) is 25.3 Å². The lowest BCUT2D eigenvalue weighted by Crippen LogP contribution is -2.33. The fourth-order valence-electron chi connectivity index (χ4n) is 2.39. The van der Waals surface area contributed by atoms with E-state index < -0.39 is 10.0 Å². The van der Waals surface area contributed by atoms with Gasteiger partial charge in [-0.25, -0.2) is 8.42 Å². The molecule has 1 aliphatic rings. The Kier molecular flexibility index (Phi) is 3.20. The van der Waals surface area contributed by atoms with Crippen LogP contribution in [0.2, 0.25) is 0 Å². The van der Waals surface area contributed by atoms with Gasteiger partial charge < -0.3 is 0 Å². The molecule has 2 aromatic carbocycles. The molecular weight excluding hydrogens is 272 g/mol. The van der Waals surface area contributed by atoms with E-state index in [4.69, 9.17) is 5.26 Å². The average Bonchev–Trinajstić information content (AvgIpc) is 3.28. The second-order valence-corrected chi connectivity index (χ2v) is 6.78. The van der Waals surface area contributed by atoms with Crippen molar-refractivity contribution in [3.05, 3.63) is 42.5 Å². The van der Waals surface area contributed by atoms with Gasteiger partial charge in [0.2, 0.25) is 10.0 Å². The van der Waals surface area contributed by atoms with Gasteiger partial charge in [0, 0.05) is 11.4 Å². The van der Waals surface area contributed by atoms with E-state index in [1.165, 1.54) is 4.31 Å². The van der Waals surface area contributed by atoms with Crippen molar-refractivity contribution >= 4 is 20.8 Å². The van der Waals surface area contributed by atoms with Gasteiger partial charge >= 0.3 is 0 Å². The molecule has 1 fully saturated rings. The Hall–Kier alpha value is -1.90. The molecular formula is C15H14N2O2S. The SMILES string of the molecule is N#CCN(C1CC1)S(=O)(=O)c1cccc2ccccc12.